The zero-order valence-corrected chi connectivity index (χ0v) is 12.2. The standard InChI is InChI=1S/C14H26N2O3/c1-14(2,3)8-10(13(18)19)9-16-12(17)11-6-4-5-7-15-11/h10-11,15H,4-9H2,1-3H3,(H,16,17)(H,18,19)/t10?,11-/m1/s1. The molecule has 5 nitrogen and oxygen atoms in total. The van der Waals surface area contributed by atoms with E-state index >= 15 is 0 Å². The second kappa shape index (κ2) is 6.89. The summed E-state index contributed by atoms with van der Waals surface area (Å²) < 4.78 is 0. The molecule has 0 aliphatic carbocycles. The molecule has 0 bridgehead atoms. The van der Waals surface area contributed by atoms with Crippen LogP contribution >= 0.6 is 0 Å². The highest BCUT2D eigenvalue weighted by molar-refractivity contribution is 5.82. The van der Waals surface area contributed by atoms with Gasteiger partial charge in [0.15, 0.2) is 0 Å². The first-order valence-corrected chi connectivity index (χ1v) is 7.03. The van der Waals surface area contributed by atoms with Gasteiger partial charge in [0.2, 0.25) is 5.91 Å². The Kier molecular flexibility index (Phi) is 5.79. The van der Waals surface area contributed by atoms with Gasteiger partial charge in [0.25, 0.3) is 0 Å². The molecule has 0 spiro atoms. The number of aliphatic carboxylic acids is 1. The number of hydrogen-bond donors (Lipinski definition) is 3. The largest absolute Gasteiger partial charge is 0.481 e. The van der Waals surface area contributed by atoms with E-state index in [2.05, 4.69) is 10.6 Å². The Morgan fingerprint density at radius 1 is 1.37 bits per heavy atom. The van der Waals surface area contributed by atoms with Gasteiger partial charge in [0.1, 0.15) is 0 Å². The van der Waals surface area contributed by atoms with E-state index in [-0.39, 0.29) is 23.9 Å². The minimum atomic E-state index is -0.841. The Balaban J connectivity index is 2.42. The molecule has 1 unspecified atom stereocenters. The molecule has 1 aliphatic rings. The maximum atomic E-state index is 11.9. The molecule has 1 amide bonds. The second-order valence-electron chi connectivity index (χ2n) is 6.55. The summed E-state index contributed by atoms with van der Waals surface area (Å²) in [5.74, 6) is -1.43. The SMILES string of the molecule is CC(C)(C)CC(CNC(=O)[C@H]1CCCCN1)C(=O)O. The lowest BCUT2D eigenvalue weighted by Gasteiger charge is -2.26. The van der Waals surface area contributed by atoms with Crippen LogP contribution in [0.4, 0.5) is 0 Å². The van der Waals surface area contributed by atoms with Crippen molar-refractivity contribution >= 4 is 11.9 Å². The van der Waals surface area contributed by atoms with E-state index in [1.165, 1.54) is 0 Å². The number of amides is 1. The third kappa shape index (κ3) is 6.05. The minimum Gasteiger partial charge on any atom is -0.481 e. The van der Waals surface area contributed by atoms with E-state index < -0.39 is 11.9 Å². The molecule has 19 heavy (non-hydrogen) atoms. The summed E-state index contributed by atoms with van der Waals surface area (Å²) in [5.41, 5.74) is -0.0587. The van der Waals surface area contributed by atoms with Gasteiger partial charge in [0.05, 0.1) is 12.0 Å². The molecule has 0 aromatic heterocycles. The Morgan fingerprint density at radius 3 is 2.53 bits per heavy atom. The Hall–Kier alpha value is -1.10. The van der Waals surface area contributed by atoms with E-state index in [9.17, 15) is 14.7 Å². The van der Waals surface area contributed by atoms with Gasteiger partial charge in [-0.3, -0.25) is 9.59 Å². The first-order chi connectivity index (χ1) is 8.79. The monoisotopic (exact) mass is 270 g/mol. The summed E-state index contributed by atoms with van der Waals surface area (Å²) in [4.78, 5) is 23.1. The summed E-state index contributed by atoms with van der Waals surface area (Å²) in [6, 6.07) is -0.155. The van der Waals surface area contributed by atoms with Crippen LogP contribution in [0.2, 0.25) is 0 Å². The molecule has 0 aromatic rings. The van der Waals surface area contributed by atoms with E-state index in [4.69, 9.17) is 0 Å². The summed E-state index contributed by atoms with van der Waals surface area (Å²) in [6.07, 6.45) is 3.55. The lowest BCUT2D eigenvalue weighted by molar-refractivity contribution is -0.142. The summed E-state index contributed by atoms with van der Waals surface area (Å²) >= 11 is 0. The van der Waals surface area contributed by atoms with Crippen molar-refractivity contribution in [3.05, 3.63) is 0 Å². The van der Waals surface area contributed by atoms with Crippen LogP contribution in [0, 0.1) is 11.3 Å². The molecule has 1 aliphatic heterocycles. The molecule has 0 aromatic carbocycles. The normalized spacial score (nSPS) is 21.7. The Labute approximate surface area is 115 Å². The number of carbonyl (C=O) groups excluding carboxylic acids is 1. The third-order valence-electron chi connectivity index (χ3n) is 3.36. The van der Waals surface area contributed by atoms with Crippen LogP contribution in [-0.2, 0) is 9.59 Å². The van der Waals surface area contributed by atoms with Gasteiger partial charge in [-0.15, -0.1) is 0 Å². The molecule has 1 rings (SSSR count). The quantitative estimate of drug-likeness (QED) is 0.705. The second-order valence-corrected chi connectivity index (χ2v) is 6.55. The molecule has 3 N–H and O–H groups in total. The van der Waals surface area contributed by atoms with Crippen LogP contribution < -0.4 is 10.6 Å². The summed E-state index contributed by atoms with van der Waals surface area (Å²) in [6.45, 7) is 7.10. The number of carboxylic acid groups (broad SMARTS) is 1. The fraction of sp³-hybridized carbons (Fsp3) is 0.857. The molecule has 1 saturated heterocycles. The molecule has 5 heteroatoms. The Bertz CT molecular complexity index is 317. The van der Waals surface area contributed by atoms with Crippen LogP contribution in [0.15, 0.2) is 0 Å². The van der Waals surface area contributed by atoms with E-state index in [0.29, 0.717) is 6.42 Å². The fourth-order valence-corrected chi connectivity index (χ4v) is 2.41. The van der Waals surface area contributed by atoms with Gasteiger partial charge in [0, 0.05) is 6.54 Å². The lowest BCUT2D eigenvalue weighted by Crippen LogP contribution is -2.48. The molecule has 1 heterocycles. The number of rotatable bonds is 5. The van der Waals surface area contributed by atoms with Crippen molar-refractivity contribution in [2.45, 2.75) is 52.5 Å². The highest BCUT2D eigenvalue weighted by Gasteiger charge is 2.26. The topological polar surface area (TPSA) is 78.4 Å². The predicted octanol–water partition coefficient (Wildman–Crippen LogP) is 1.38. The first-order valence-electron chi connectivity index (χ1n) is 7.03. The Morgan fingerprint density at radius 2 is 2.05 bits per heavy atom. The van der Waals surface area contributed by atoms with Gasteiger partial charge in [-0.1, -0.05) is 27.2 Å². The van der Waals surface area contributed by atoms with Crippen molar-refractivity contribution in [3.8, 4) is 0 Å². The average Bonchev–Trinajstić information content (AvgIpc) is 2.33. The van der Waals surface area contributed by atoms with E-state index in [0.717, 1.165) is 25.8 Å². The zero-order chi connectivity index (χ0) is 14.5. The summed E-state index contributed by atoms with van der Waals surface area (Å²) in [7, 11) is 0. The van der Waals surface area contributed by atoms with Crippen molar-refractivity contribution in [1.82, 2.24) is 10.6 Å². The minimum absolute atomic E-state index is 0.0587. The van der Waals surface area contributed by atoms with Crippen molar-refractivity contribution in [2.75, 3.05) is 13.1 Å². The van der Waals surface area contributed by atoms with Crippen molar-refractivity contribution in [1.29, 1.82) is 0 Å². The highest BCUT2D eigenvalue weighted by atomic mass is 16.4. The molecule has 1 fully saturated rings. The maximum absolute atomic E-state index is 11.9. The van der Waals surface area contributed by atoms with Gasteiger partial charge < -0.3 is 15.7 Å². The molecule has 2 atom stereocenters. The van der Waals surface area contributed by atoms with Gasteiger partial charge >= 0.3 is 5.97 Å². The smallest absolute Gasteiger partial charge is 0.308 e. The van der Waals surface area contributed by atoms with Crippen LogP contribution in [-0.4, -0.2) is 36.1 Å². The molecule has 0 radical (unpaired) electrons. The first kappa shape index (κ1) is 16.0. The van der Waals surface area contributed by atoms with Crippen molar-refractivity contribution in [3.63, 3.8) is 0 Å². The van der Waals surface area contributed by atoms with Gasteiger partial charge in [-0.05, 0) is 31.2 Å². The average molecular weight is 270 g/mol. The maximum Gasteiger partial charge on any atom is 0.308 e. The van der Waals surface area contributed by atoms with Crippen molar-refractivity contribution < 1.29 is 14.7 Å². The van der Waals surface area contributed by atoms with Crippen LogP contribution in [0.3, 0.4) is 0 Å². The van der Waals surface area contributed by atoms with Gasteiger partial charge in [-0.2, -0.15) is 0 Å². The van der Waals surface area contributed by atoms with Crippen LogP contribution in [0.5, 0.6) is 0 Å². The number of piperidine rings is 1. The fourth-order valence-electron chi connectivity index (χ4n) is 2.41. The summed E-state index contributed by atoms with van der Waals surface area (Å²) in [5, 5.41) is 15.1. The van der Waals surface area contributed by atoms with E-state index in [1.54, 1.807) is 0 Å². The third-order valence-corrected chi connectivity index (χ3v) is 3.36. The van der Waals surface area contributed by atoms with Crippen molar-refractivity contribution in [2.24, 2.45) is 11.3 Å². The number of hydrogen-bond acceptors (Lipinski definition) is 3. The number of nitrogens with one attached hydrogen (secondary N) is 2. The van der Waals surface area contributed by atoms with E-state index in [1.807, 2.05) is 20.8 Å². The molecule has 110 valence electrons. The predicted molar refractivity (Wildman–Crippen MR) is 73.8 cm³/mol. The zero-order valence-electron chi connectivity index (χ0n) is 12.2. The molecule has 0 saturated carbocycles. The molecular weight excluding hydrogens is 244 g/mol. The van der Waals surface area contributed by atoms with Crippen LogP contribution in [0.25, 0.3) is 0 Å². The van der Waals surface area contributed by atoms with Gasteiger partial charge in [-0.25, -0.2) is 0 Å². The van der Waals surface area contributed by atoms with Crippen LogP contribution in [0.1, 0.15) is 46.5 Å². The number of carbonyl (C=O) groups is 2. The lowest BCUT2D eigenvalue weighted by atomic mass is 9.84. The number of carboxylic acids is 1. The molecular formula is C14H26N2O3. The highest BCUT2D eigenvalue weighted by Crippen LogP contribution is 2.24.